The maximum atomic E-state index is 9.24. The van der Waals surface area contributed by atoms with Gasteiger partial charge in [0, 0.05) is 0 Å². The first-order valence-electron chi connectivity index (χ1n) is 4.27. The SMILES string of the molecule is Cc1cc(O)ccc1-n1cc(N)cn1. The van der Waals surface area contributed by atoms with Crippen molar-refractivity contribution in [3.05, 3.63) is 36.2 Å². The molecule has 0 bridgehead atoms. The van der Waals surface area contributed by atoms with Crippen LogP contribution in [-0.2, 0) is 0 Å². The monoisotopic (exact) mass is 189 g/mol. The Morgan fingerprint density at radius 3 is 2.79 bits per heavy atom. The summed E-state index contributed by atoms with van der Waals surface area (Å²) in [6.07, 6.45) is 3.33. The maximum absolute atomic E-state index is 9.24. The summed E-state index contributed by atoms with van der Waals surface area (Å²) in [6, 6.07) is 5.12. The number of nitrogens with two attached hydrogens (primary N) is 1. The van der Waals surface area contributed by atoms with Gasteiger partial charge in [-0.3, -0.25) is 0 Å². The molecule has 14 heavy (non-hydrogen) atoms. The fourth-order valence-corrected chi connectivity index (χ4v) is 1.37. The molecular formula is C10H11N3O. The molecule has 0 unspecified atom stereocenters. The van der Waals surface area contributed by atoms with E-state index in [0.717, 1.165) is 11.3 Å². The van der Waals surface area contributed by atoms with Crippen molar-refractivity contribution >= 4 is 5.69 Å². The molecule has 0 atom stereocenters. The molecule has 0 saturated heterocycles. The second-order valence-corrected chi connectivity index (χ2v) is 3.19. The number of nitrogens with zero attached hydrogens (tertiary/aromatic N) is 2. The van der Waals surface area contributed by atoms with Crippen molar-refractivity contribution < 1.29 is 5.11 Å². The number of hydrogen-bond acceptors (Lipinski definition) is 3. The molecule has 3 N–H and O–H groups in total. The van der Waals surface area contributed by atoms with Crippen LogP contribution in [0.5, 0.6) is 5.75 Å². The van der Waals surface area contributed by atoms with Crippen molar-refractivity contribution in [2.75, 3.05) is 5.73 Å². The summed E-state index contributed by atoms with van der Waals surface area (Å²) < 4.78 is 1.68. The number of nitrogen functional groups attached to an aromatic ring is 1. The summed E-state index contributed by atoms with van der Waals surface area (Å²) in [5.41, 5.74) is 8.05. The van der Waals surface area contributed by atoms with Gasteiger partial charge in [-0.2, -0.15) is 5.10 Å². The van der Waals surface area contributed by atoms with Gasteiger partial charge in [0.15, 0.2) is 0 Å². The standard InChI is InChI=1S/C10H11N3O/c1-7-4-9(14)2-3-10(7)13-6-8(11)5-12-13/h2-6,14H,11H2,1H3. The highest BCUT2D eigenvalue weighted by Crippen LogP contribution is 2.19. The third-order valence-electron chi connectivity index (χ3n) is 2.03. The Kier molecular flexibility index (Phi) is 1.89. The zero-order chi connectivity index (χ0) is 10.1. The first-order valence-corrected chi connectivity index (χ1v) is 4.27. The van der Waals surface area contributed by atoms with Crippen LogP contribution in [0.4, 0.5) is 5.69 Å². The highest BCUT2D eigenvalue weighted by Gasteiger charge is 2.02. The van der Waals surface area contributed by atoms with Crippen molar-refractivity contribution in [2.24, 2.45) is 0 Å². The van der Waals surface area contributed by atoms with Gasteiger partial charge in [-0.25, -0.2) is 4.68 Å². The fourth-order valence-electron chi connectivity index (χ4n) is 1.37. The summed E-state index contributed by atoms with van der Waals surface area (Å²) in [7, 11) is 0. The lowest BCUT2D eigenvalue weighted by molar-refractivity contribution is 0.474. The van der Waals surface area contributed by atoms with Gasteiger partial charge in [-0.05, 0) is 30.7 Å². The molecule has 0 fully saturated rings. The molecule has 0 saturated carbocycles. The number of aromatic hydroxyl groups is 1. The molecular weight excluding hydrogens is 178 g/mol. The van der Waals surface area contributed by atoms with E-state index in [1.54, 1.807) is 35.3 Å². The van der Waals surface area contributed by atoms with E-state index in [4.69, 9.17) is 5.73 Å². The number of hydrogen-bond donors (Lipinski definition) is 2. The van der Waals surface area contributed by atoms with Gasteiger partial charge in [0.1, 0.15) is 5.75 Å². The lowest BCUT2D eigenvalue weighted by Gasteiger charge is -2.05. The number of rotatable bonds is 1. The number of benzene rings is 1. The minimum atomic E-state index is 0.256. The largest absolute Gasteiger partial charge is 0.508 e. The van der Waals surface area contributed by atoms with Crippen molar-refractivity contribution in [3.8, 4) is 11.4 Å². The normalized spacial score (nSPS) is 10.4. The van der Waals surface area contributed by atoms with Crippen LogP contribution in [-0.4, -0.2) is 14.9 Å². The van der Waals surface area contributed by atoms with Crippen molar-refractivity contribution in [2.45, 2.75) is 6.92 Å². The molecule has 0 spiro atoms. The molecule has 1 heterocycles. The van der Waals surface area contributed by atoms with Gasteiger partial charge < -0.3 is 10.8 Å². The first-order chi connectivity index (χ1) is 6.66. The third kappa shape index (κ3) is 1.42. The Labute approximate surface area is 81.6 Å². The zero-order valence-corrected chi connectivity index (χ0v) is 7.81. The number of anilines is 1. The van der Waals surface area contributed by atoms with Gasteiger partial charge in [0.2, 0.25) is 0 Å². The second-order valence-electron chi connectivity index (χ2n) is 3.19. The van der Waals surface area contributed by atoms with Gasteiger partial charge in [-0.15, -0.1) is 0 Å². The Morgan fingerprint density at radius 1 is 1.43 bits per heavy atom. The summed E-state index contributed by atoms with van der Waals surface area (Å²) in [6.45, 7) is 1.91. The number of phenolic OH excluding ortho intramolecular Hbond substituents is 1. The minimum Gasteiger partial charge on any atom is -0.508 e. The molecule has 2 aromatic rings. The Hall–Kier alpha value is -1.97. The van der Waals surface area contributed by atoms with Gasteiger partial charge >= 0.3 is 0 Å². The van der Waals surface area contributed by atoms with E-state index in [1.165, 1.54) is 0 Å². The van der Waals surface area contributed by atoms with Crippen LogP contribution in [0.15, 0.2) is 30.6 Å². The molecule has 72 valence electrons. The van der Waals surface area contributed by atoms with Crippen molar-refractivity contribution in [3.63, 3.8) is 0 Å². The summed E-state index contributed by atoms with van der Waals surface area (Å²) in [5, 5.41) is 13.3. The molecule has 2 rings (SSSR count). The van der Waals surface area contributed by atoms with E-state index in [0.29, 0.717) is 5.69 Å². The van der Waals surface area contributed by atoms with Gasteiger partial charge in [0.25, 0.3) is 0 Å². The quantitative estimate of drug-likeness (QED) is 0.714. The summed E-state index contributed by atoms with van der Waals surface area (Å²) >= 11 is 0. The zero-order valence-electron chi connectivity index (χ0n) is 7.81. The van der Waals surface area contributed by atoms with Crippen LogP contribution in [0.1, 0.15) is 5.56 Å². The average molecular weight is 189 g/mol. The first kappa shape index (κ1) is 8.62. The molecule has 0 amide bonds. The average Bonchev–Trinajstić information content (AvgIpc) is 2.51. The highest BCUT2D eigenvalue weighted by molar-refractivity contribution is 5.46. The highest BCUT2D eigenvalue weighted by atomic mass is 16.3. The number of phenols is 1. The maximum Gasteiger partial charge on any atom is 0.115 e. The lowest BCUT2D eigenvalue weighted by Crippen LogP contribution is -1.96. The van der Waals surface area contributed by atoms with Crippen molar-refractivity contribution in [1.82, 2.24) is 9.78 Å². The van der Waals surface area contributed by atoms with Crippen molar-refractivity contribution in [1.29, 1.82) is 0 Å². The predicted molar refractivity (Wildman–Crippen MR) is 54.4 cm³/mol. The predicted octanol–water partition coefficient (Wildman–Crippen LogP) is 1.47. The van der Waals surface area contributed by atoms with E-state index in [1.807, 2.05) is 6.92 Å². The Bertz CT molecular complexity index is 462. The second kappa shape index (κ2) is 3.06. The van der Waals surface area contributed by atoms with E-state index in [2.05, 4.69) is 5.10 Å². The molecule has 1 aromatic carbocycles. The van der Waals surface area contributed by atoms with Crippen LogP contribution >= 0.6 is 0 Å². The molecule has 0 aliphatic carbocycles. The van der Waals surface area contributed by atoms with E-state index >= 15 is 0 Å². The number of aromatic nitrogens is 2. The molecule has 1 aromatic heterocycles. The van der Waals surface area contributed by atoms with Crippen LogP contribution in [0.3, 0.4) is 0 Å². The fraction of sp³-hybridized carbons (Fsp3) is 0.100. The summed E-state index contributed by atoms with van der Waals surface area (Å²) in [5.74, 6) is 0.256. The van der Waals surface area contributed by atoms with Crippen LogP contribution < -0.4 is 5.73 Å². The molecule has 0 aliphatic rings. The van der Waals surface area contributed by atoms with Gasteiger partial charge in [-0.1, -0.05) is 0 Å². The third-order valence-corrected chi connectivity index (χ3v) is 2.03. The van der Waals surface area contributed by atoms with Gasteiger partial charge in [0.05, 0.1) is 23.8 Å². The van der Waals surface area contributed by atoms with Crippen LogP contribution in [0.25, 0.3) is 5.69 Å². The Morgan fingerprint density at radius 2 is 2.21 bits per heavy atom. The smallest absolute Gasteiger partial charge is 0.115 e. The lowest BCUT2D eigenvalue weighted by atomic mass is 10.2. The Balaban J connectivity index is 2.52. The molecule has 4 heteroatoms. The number of aryl methyl sites for hydroxylation is 1. The molecule has 4 nitrogen and oxygen atoms in total. The molecule has 0 aliphatic heterocycles. The minimum absolute atomic E-state index is 0.256. The van der Waals surface area contributed by atoms with E-state index < -0.39 is 0 Å². The van der Waals surface area contributed by atoms with Crippen LogP contribution in [0, 0.1) is 6.92 Å². The summed E-state index contributed by atoms with van der Waals surface area (Å²) in [4.78, 5) is 0. The van der Waals surface area contributed by atoms with Crippen LogP contribution in [0.2, 0.25) is 0 Å². The molecule has 0 radical (unpaired) electrons. The van der Waals surface area contributed by atoms with E-state index in [-0.39, 0.29) is 5.75 Å². The van der Waals surface area contributed by atoms with E-state index in [9.17, 15) is 5.11 Å². The topological polar surface area (TPSA) is 64.1 Å².